The number of anilines is 1. The summed E-state index contributed by atoms with van der Waals surface area (Å²) < 4.78 is 5.85. The molecule has 0 fully saturated rings. The smallest absolute Gasteiger partial charge is 0.335 e. The number of hydrazone groups is 1. The molecule has 9 nitrogen and oxygen atoms in total. The van der Waals surface area contributed by atoms with Crippen LogP contribution in [0.15, 0.2) is 63.8 Å². The average Bonchev–Trinajstić information content (AvgIpc) is 3.37. The highest BCUT2D eigenvalue weighted by atomic mass is 16.7. The van der Waals surface area contributed by atoms with Gasteiger partial charge in [-0.2, -0.15) is 0 Å². The van der Waals surface area contributed by atoms with Crippen molar-refractivity contribution in [2.45, 2.75) is 20.8 Å². The number of aromatic carboxylic acids is 1. The molecule has 0 bridgehead atoms. The van der Waals surface area contributed by atoms with Crippen molar-refractivity contribution in [1.82, 2.24) is 0 Å². The molecule has 1 aliphatic rings. The summed E-state index contributed by atoms with van der Waals surface area (Å²) in [4.78, 5) is 27.8. The second-order valence-electron chi connectivity index (χ2n) is 7.32. The van der Waals surface area contributed by atoms with Crippen LogP contribution >= 0.6 is 0 Å². The van der Waals surface area contributed by atoms with Crippen molar-refractivity contribution >= 4 is 29.1 Å². The first kappa shape index (κ1) is 20.9. The predicted octanol–water partition coefficient (Wildman–Crippen LogP) is 5.34. The van der Waals surface area contributed by atoms with E-state index in [1.165, 1.54) is 23.4 Å². The zero-order valence-corrected chi connectivity index (χ0v) is 17.5. The molecule has 1 aliphatic heterocycles. The van der Waals surface area contributed by atoms with Gasteiger partial charge in [0.25, 0.3) is 5.69 Å². The molecule has 0 radical (unpaired) electrons. The van der Waals surface area contributed by atoms with Crippen molar-refractivity contribution in [2.75, 3.05) is 5.17 Å². The summed E-state index contributed by atoms with van der Waals surface area (Å²) in [6.07, 6.45) is 1.64. The molecular weight excluding hydrogens is 414 g/mol. The molecule has 0 aliphatic carbocycles. The molecule has 0 atom stereocenters. The van der Waals surface area contributed by atoms with Crippen LogP contribution in [0.1, 0.15) is 34.2 Å². The molecule has 0 spiro atoms. The lowest BCUT2D eigenvalue weighted by atomic mass is 10.0. The Hall–Kier alpha value is -4.40. The predicted molar refractivity (Wildman–Crippen MR) is 118 cm³/mol. The molecular formula is C23H19N3O6. The van der Waals surface area contributed by atoms with Crippen molar-refractivity contribution in [3.63, 3.8) is 0 Å². The lowest BCUT2D eigenvalue weighted by Crippen LogP contribution is -2.10. The number of nitrogens with zero attached hydrogens (tertiary/aromatic N) is 3. The Morgan fingerprint density at radius 3 is 2.44 bits per heavy atom. The number of nitro groups is 1. The number of benzene rings is 2. The van der Waals surface area contributed by atoms with Crippen LogP contribution in [0.2, 0.25) is 0 Å². The zero-order chi connectivity index (χ0) is 23.0. The normalized spacial score (nSPS) is 14.4. The molecule has 1 aromatic heterocycles. The summed E-state index contributed by atoms with van der Waals surface area (Å²) in [5, 5.41) is 26.1. The van der Waals surface area contributed by atoms with E-state index in [0.29, 0.717) is 34.2 Å². The zero-order valence-electron chi connectivity index (χ0n) is 17.5. The fraction of sp³-hybridized carbons (Fsp3) is 0.130. The minimum Gasteiger partial charge on any atom is -0.478 e. The number of nitro benzene ring substituents is 1. The molecule has 0 saturated carbocycles. The SMILES string of the molecule is CC1=NN(c2ccc(C(=O)O)cc2)OC1=Cc1ccc(-c2cc(C)c(C)cc2[N+](=O)[O-])o1. The average molecular weight is 433 g/mol. The van der Waals surface area contributed by atoms with Crippen LogP contribution in [0.5, 0.6) is 0 Å². The number of carboxylic acid groups (broad SMARTS) is 1. The van der Waals surface area contributed by atoms with E-state index in [9.17, 15) is 14.9 Å². The first-order valence-electron chi connectivity index (χ1n) is 9.67. The number of rotatable bonds is 5. The summed E-state index contributed by atoms with van der Waals surface area (Å²) in [7, 11) is 0. The highest BCUT2D eigenvalue weighted by Gasteiger charge is 2.23. The van der Waals surface area contributed by atoms with E-state index < -0.39 is 10.9 Å². The van der Waals surface area contributed by atoms with Gasteiger partial charge in [-0.1, -0.05) is 5.17 Å². The van der Waals surface area contributed by atoms with Crippen molar-refractivity contribution in [1.29, 1.82) is 0 Å². The van der Waals surface area contributed by atoms with Gasteiger partial charge in [0.15, 0.2) is 5.76 Å². The number of aryl methyl sites for hydroxylation is 2. The third-order valence-electron chi connectivity index (χ3n) is 5.09. The molecule has 162 valence electrons. The molecule has 0 unspecified atom stereocenters. The van der Waals surface area contributed by atoms with E-state index >= 15 is 0 Å². The van der Waals surface area contributed by atoms with Gasteiger partial charge in [-0.05, 0) is 74.4 Å². The molecule has 0 saturated heterocycles. The monoisotopic (exact) mass is 433 g/mol. The van der Waals surface area contributed by atoms with Crippen LogP contribution in [0.25, 0.3) is 17.4 Å². The third kappa shape index (κ3) is 3.95. The van der Waals surface area contributed by atoms with Crippen molar-refractivity contribution in [2.24, 2.45) is 5.10 Å². The van der Waals surface area contributed by atoms with Gasteiger partial charge in [0, 0.05) is 12.1 Å². The quantitative estimate of drug-likeness (QED) is 0.426. The van der Waals surface area contributed by atoms with Gasteiger partial charge in [0.2, 0.25) is 0 Å². The standard InChI is InChI=1S/C23H19N3O6/c1-13-10-19(20(26(29)30)11-14(13)2)21-9-8-18(31-21)12-22-15(3)24-25(32-22)17-6-4-16(5-7-17)23(27)28/h4-12H,1-3H3,(H,27,28). The molecule has 1 N–H and O–H groups in total. The largest absolute Gasteiger partial charge is 0.478 e. The van der Waals surface area contributed by atoms with E-state index in [4.69, 9.17) is 14.4 Å². The minimum absolute atomic E-state index is 0.0208. The maximum atomic E-state index is 11.5. The van der Waals surface area contributed by atoms with E-state index in [-0.39, 0.29) is 11.3 Å². The summed E-state index contributed by atoms with van der Waals surface area (Å²) in [5.74, 6) is 0.236. The molecule has 0 amide bonds. The Kier molecular flexibility index (Phi) is 5.23. The summed E-state index contributed by atoms with van der Waals surface area (Å²) >= 11 is 0. The van der Waals surface area contributed by atoms with Crippen LogP contribution in [-0.4, -0.2) is 21.7 Å². The lowest BCUT2D eigenvalue weighted by Gasteiger charge is -2.12. The molecule has 3 aromatic rings. The maximum absolute atomic E-state index is 11.5. The topological polar surface area (TPSA) is 118 Å². The van der Waals surface area contributed by atoms with E-state index in [1.807, 2.05) is 13.8 Å². The first-order chi connectivity index (χ1) is 15.2. The van der Waals surface area contributed by atoms with Gasteiger partial charge in [0.1, 0.15) is 22.9 Å². The number of furan rings is 1. The number of hydrogen-bond acceptors (Lipinski definition) is 7. The van der Waals surface area contributed by atoms with Crippen LogP contribution in [0, 0.1) is 24.0 Å². The van der Waals surface area contributed by atoms with Gasteiger partial charge in [0.05, 0.1) is 16.1 Å². The van der Waals surface area contributed by atoms with Crippen LogP contribution in [0.4, 0.5) is 11.4 Å². The first-order valence-corrected chi connectivity index (χ1v) is 9.67. The van der Waals surface area contributed by atoms with Gasteiger partial charge in [-0.15, -0.1) is 5.10 Å². The number of carboxylic acids is 1. The second kappa shape index (κ2) is 8.03. The minimum atomic E-state index is -1.02. The Bertz CT molecular complexity index is 1290. The van der Waals surface area contributed by atoms with Gasteiger partial charge >= 0.3 is 5.97 Å². The molecule has 9 heteroatoms. The molecule has 4 rings (SSSR count). The fourth-order valence-electron chi connectivity index (χ4n) is 3.19. The molecule has 32 heavy (non-hydrogen) atoms. The van der Waals surface area contributed by atoms with Crippen LogP contribution < -0.4 is 5.17 Å². The van der Waals surface area contributed by atoms with E-state index in [1.54, 1.807) is 43.3 Å². The van der Waals surface area contributed by atoms with E-state index in [2.05, 4.69) is 5.10 Å². The Labute approximate surface area is 183 Å². The Balaban J connectivity index is 1.59. The van der Waals surface area contributed by atoms with E-state index in [0.717, 1.165) is 11.1 Å². The summed E-state index contributed by atoms with van der Waals surface area (Å²) in [5.41, 5.74) is 3.44. The van der Waals surface area contributed by atoms with Crippen molar-refractivity contribution < 1.29 is 24.1 Å². The number of carbonyl (C=O) groups is 1. The van der Waals surface area contributed by atoms with Crippen LogP contribution in [0.3, 0.4) is 0 Å². The third-order valence-corrected chi connectivity index (χ3v) is 5.09. The molecule has 2 aromatic carbocycles. The highest BCUT2D eigenvalue weighted by Crippen LogP contribution is 2.34. The Morgan fingerprint density at radius 2 is 1.78 bits per heavy atom. The van der Waals surface area contributed by atoms with Gasteiger partial charge in [-0.3, -0.25) is 10.1 Å². The summed E-state index contributed by atoms with van der Waals surface area (Å²) in [6.45, 7) is 5.47. The highest BCUT2D eigenvalue weighted by molar-refractivity contribution is 6.02. The summed E-state index contributed by atoms with van der Waals surface area (Å²) in [6, 6.07) is 12.8. The number of allylic oxidation sites excluding steroid dienone is 1. The van der Waals surface area contributed by atoms with Gasteiger partial charge < -0.3 is 14.4 Å². The van der Waals surface area contributed by atoms with Crippen molar-refractivity contribution in [3.05, 3.63) is 86.9 Å². The van der Waals surface area contributed by atoms with Gasteiger partial charge in [-0.25, -0.2) is 4.79 Å². The fourth-order valence-corrected chi connectivity index (χ4v) is 3.19. The Morgan fingerprint density at radius 1 is 1.09 bits per heavy atom. The lowest BCUT2D eigenvalue weighted by molar-refractivity contribution is -0.384. The maximum Gasteiger partial charge on any atom is 0.335 e. The van der Waals surface area contributed by atoms with Crippen molar-refractivity contribution in [3.8, 4) is 11.3 Å². The molecule has 2 heterocycles. The number of hydrogen-bond donors (Lipinski definition) is 1. The second-order valence-corrected chi connectivity index (χ2v) is 7.32. The van der Waals surface area contributed by atoms with Crippen LogP contribution in [-0.2, 0) is 4.84 Å².